The zero-order valence-electron chi connectivity index (χ0n) is 19.6. The summed E-state index contributed by atoms with van der Waals surface area (Å²) >= 11 is 0. The molecule has 9 nitrogen and oxygen atoms in total. The van der Waals surface area contributed by atoms with Gasteiger partial charge in [0.15, 0.2) is 11.8 Å². The SMILES string of the molecule is COc1cccc(-c2cccc([C@H](CC(=O)O)NC(=O)NC3C(=O)C=CN(C)C3=O)c2)c1.[H-].[Na+]. The van der Waals surface area contributed by atoms with E-state index < -0.39 is 35.8 Å². The summed E-state index contributed by atoms with van der Waals surface area (Å²) in [6, 6.07) is 11.4. The van der Waals surface area contributed by atoms with Crippen LogP contribution >= 0.6 is 0 Å². The maximum absolute atomic E-state index is 12.5. The van der Waals surface area contributed by atoms with Gasteiger partial charge in [-0.2, -0.15) is 0 Å². The van der Waals surface area contributed by atoms with Gasteiger partial charge in [-0.15, -0.1) is 0 Å². The fourth-order valence-electron chi connectivity index (χ4n) is 3.31. The topological polar surface area (TPSA) is 125 Å². The molecule has 33 heavy (non-hydrogen) atoms. The summed E-state index contributed by atoms with van der Waals surface area (Å²) in [4.78, 5) is 49.3. The Morgan fingerprint density at radius 3 is 2.48 bits per heavy atom. The Hall–Kier alpha value is -3.14. The predicted molar refractivity (Wildman–Crippen MR) is 117 cm³/mol. The second kappa shape index (κ2) is 11.6. The quantitative estimate of drug-likeness (QED) is 0.367. The van der Waals surface area contributed by atoms with Crippen molar-refractivity contribution in [2.24, 2.45) is 0 Å². The maximum atomic E-state index is 12.5. The number of carboxylic acids is 1. The molecular weight excluding hydrogens is 437 g/mol. The summed E-state index contributed by atoms with van der Waals surface area (Å²) in [5.74, 6) is -1.58. The first kappa shape index (κ1) is 26.1. The summed E-state index contributed by atoms with van der Waals surface area (Å²) < 4.78 is 5.25. The number of hydrogen-bond acceptors (Lipinski definition) is 5. The van der Waals surface area contributed by atoms with Gasteiger partial charge in [0.25, 0.3) is 5.91 Å². The summed E-state index contributed by atoms with van der Waals surface area (Å²) in [6.07, 6.45) is 2.12. The van der Waals surface area contributed by atoms with Crippen LogP contribution in [0, 0.1) is 0 Å². The molecule has 2 atom stereocenters. The van der Waals surface area contributed by atoms with Crippen molar-refractivity contribution in [2.45, 2.75) is 18.5 Å². The van der Waals surface area contributed by atoms with Gasteiger partial charge >= 0.3 is 41.6 Å². The average Bonchev–Trinajstić information content (AvgIpc) is 2.78. The van der Waals surface area contributed by atoms with E-state index >= 15 is 0 Å². The number of urea groups is 1. The largest absolute Gasteiger partial charge is 1.00 e. The minimum atomic E-state index is -1.36. The number of aliphatic carboxylic acids is 1. The van der Waals surface area contributed by atoms with Crippen molar-refractivity contribution >= 4 is 23.7 Å². The zero-order chi connectivity index (χ0) is 23.3. The van der Waals surface area contributed by atoms with E-state index in [9.17, 15) is 24.3 Å². The van der Waals surface area contributed by atoms with Gasteiger partial charge in [0, 0.05) is 19.3 Å². The van der Waals surface area contributed by atoms with Crippen molar-refractivity contribution in [3.8, 4) is 16.9 Å². The summed E-state index contributed by atoms with van der Waals surface area (Å²) in [6.45, 7) is 0. The van der Waals surface area contributed by atoms with E-state index in [1.54, 1.807) is 25.3 Å². The van der Waals surface area contributed by atoms with Crippen LogP contribution < -0.4 is 44.9 Å². The second-order valence-corrected chi connectivity index (χ2v) is 7.23. The molecule has 1 heterocycles. The number of carbonyl (C=O) groups excluding carboxylic acids is 3. The van der Waals surface area contributed by atoms with Crippen molar-refractivity contribution in [2.75, 3.05) is 14.2 Å². The first-order valence-corrected chi connectivity index (χ1v) is 9.80. The molecule has 3 N–H and O–H groups in total. The number of hydrogen-bond donors (Lipinski definition) is 3. The Morgan fingerprint density at radius 1 is 1.15 bits per heavy atom. The first-order valence-electron chi connectivity index (χ1n) is 9.80. The second-order valence-electron chi connectivity index (χ2n) is 7.23. The van der Waals surface area contributed by atoms with Crippen molar-refractivity contribution in [1.29, 1.82) is 0 Å². The Balaban J connectivity index is 0.00000289. The number of amides is 3. The normalized spacial score (nSPS) is 15.9. The van der Waals surface area contributed by atoms with Crippen LogP contribution in [0.4, 0.5) is 4.79 Å². The van der Waals surface area contributed by atoms with Crippen LogP contribution in [0.3, 0.4) is 0 Å². The van der Waals surface area contributed by atoms with Crippen LogP contribution in [0.25, 0.3) is 11.1 Å². The molecule has 10 heteroatoms. The van der Waals surface area contributed by atoms with Crippen molar-refractivity contribution in [3.63, 3.8) is 0 Å². The fourth-order valence-corrected chi connectivity index (χ4v) is 3.31. The van der Waals surface area contributed by atoms with E-state index in [1.807, 2.05) is 30.3 Å². The summed E-state index contributed by atoms with van der Waals surface area (Å²) in [5.41, 5.74) is 2.22. The van der Waals surface area contributed by atoms with Crippen LogP contribution in [-0.4, -0.2) is 53.9 Å². The Morgan fingerprint density at radius 2 is 1.82 bits per heavy atom. The van der Waals surface area contributed by atoms with Gasteiger partial charge in [0.05, 0.1) is 19.6 Å². The molecule has 0 aliphatic carbocycles. The monoisotopic (exact) mass is 461 g/mol. The Kier molecular flexibility index (Phi) is 9.22. The average molecular weight is 461 g/mol. The van der Waals surface area contributed by atoms with Crippen LogP contribution in [0.1, 0.15) is 19.5 Å². The van der Waals surface area contributed by atoms with Gasteiger partial charge in [-0.1, -0.05) is 30.3 Å². The van der Waals surface area contributed by atoms with Gasteiger partial charge < -0.3 is 26.8 Å². The molecule has 0 fully saturated rings. The summed E-state index contributed by atoms with van der Waals surface area (Å²) in [7, 11) is 3.03. The Bertz CT molecular complexity index is 1090. The predicted octanol–water partition coefficient (Wildman–Crippen LogP) is -0.783. The third kappa shape index (κ3) is 6.67. The van der Waals surface area contributed by atoms with Gasteiger partial charge in [-0.3, -0.25) is 14.4 Å². The van der Waals surface area contributed by atoms with Gasteiger partial charge in [-0.05, 0) is 34.9 Å². The smallest absolute Gasteiger partial charge is 1.00 e. The Labute approximate surface area is 214 Å². The van der Waals surface area contributed by atoms with E-state index in [2.05, 4.69) is 10.6 Å². The fraction of sp³-hybridized carbons (Fsp3) is 0.217. The van der Waals surface area contributed by atoms with Gasteiger partial charge in [0.2, 0.25) is 0 Å². The standard InChI is InChI=1S/C23H23N3O6.Na.H/c1-26-10-9-19(27)21(22(26)30)25-23(31)24-18(13-20(28)29)16-7-3-5-14(11-16)15-6-4-8-17(12-15)32-2;;/h3-12,18,21H,13H2,1-2H3,(H,28,29)(H2,24,25,31);;/q;+1;-1/t18-,21?;;/m0../s1. The molecule has 3 amide bonds. The van der Waals surface area contributed by atoms with Crippen LogP contribution in [-0.2, 0) is 14.4 Å². The number of rotatable bonds is 7. The number of ether oxygens (including phenoxy) is 1. The third-order valence-corrected chi connectivity index (χ3v) is 4.99. The number of methoxy groups -OCH3 is 1. The number of likely N-dealkylation sites (N-methyl/N-ethyl adjacent to an activating group) is 1. The van der Waals surface area contributed by atoms with Crippen LogP contribution in [0.15, 0.2) is 60.8 Å². The van der Waals surface area contributed by atoms with Gasteiger partial charge in [0.1, 0.15) is 5.75 Å². The number of ketones is 1. The molecule has 0 spiro atoms. The molecule has 2 aromatic carbocycles. The van der Waals surface area contributed by atoms with Crippen molar-refractivity contribution in [3.05, 3.63) is 66.4 Å². The number of benzene rings is 2. The number of nitrogens with zero attached hydrogens (tertiary/aromatic N) is 1. The van der Waals surface area contributed by atoms with E-state index in [0.29, 0.717) is 11.3 Å². The molecule has 0 saturated carbocycles. The van der Waals surface area contributed by atoms with Crippen molar-refractivity contribution < 1.29 is 60.0 Å². The van der Waals surface area contributed by atoms with Crippen LogP contribution in [0.5, 0.6) is 5.75 Å². The molecule has 0 bridgehead atoms. The van der Waals surface area contributed by atoms with Crippen molar-refractivity contribution in [1.82, 2.24) is 15.5 Å². The molecule has 168 valence electrons. The molecular formula is C23H24N3NaO6. The third-order valence-electron chi connectivity index (χ3n) is 4.99. The van der Waals surface area contributed by atoms with Gasteiger partial charge in [-0.25, -0.2) is 4.79 Å². The number of nitrogens with one attached hydrogen (secondary N) is 2. The molecule has 0 radical (unpaired) electrons. The molecule has 3 rings (SSSR count). The van der Waals surface area contributed by atoms with E-state index in [0.717, 1.165) is 11.1 Å². The minimum absolute atomic E-state index is 0. The van der Waals surface area contributed by atoms with E-state index in [-0.39, 0.29) is 37.4 Å². The molecule has 2 aromatic rings. The zero-order valence-corrected chi connectivity index (χ0v) is 20.6. The molecule has 0 aromatic heterocycles. The summed E-state index contributed by atoms with van der Waals surface area (Å²) in [5, 5.41) is 14.2. The van der Waals surface area contributed by atoms with Crippen LogP contribution in [0.2, 0.25) is 0 Å². The molecule has 1 unspecified atom stereocenters. The number of carboxylic acid groups (broad SMARTS) is 1. The van der Waals surface area contributed by atoms with E-state index in [1.165, 1.54) is 24.2 Å². The number of carbonyl (C=O) groups is 4. The molecule has 0 saturated heterocycles. The molecule has 1 aliphatic heterocycles. The molecule has 1 aliphatic rings. The first-order chi connectivity index (χ1) is 15.3. The minimum Gasteiger partial charge on any atom is -1.00 e. The van der Waals surface area contributed by atoms with E-state index in [4.69, 9.17) is 4.74 Å². The maximum Gasteiger partial charge on any atom is 1.00 e.